The van der Waals surface area contributed by atoms with Crippen LogP contribution in [-0.4, -0.2) is 24.0 Å². The summed E-state index contributed by atoms with van der Waals surface area (Å²) in [5.74, 6) is 2.72. The van der Waals surface area contributed by atoms with Crippen molar-refractivity contribution in [3.05, 3.63) is 0 Å². The highest BCUT2D eigenvalue weighted by Crippen LogP contribution is 2.36. The lowest BCUT2D eigenvalue weighted by atomic mass is 9.83. The van der Waals surface area contributed by atoms with Gasteiger partial charge < -0.3 is 0 Å². The zero-order valence-electron chi connectivity index (χ0n) is 6.90. The van der Waals surface area contributed by atoms with Crippen LogP contribution in [0.2, 0.25) is 0 Å². The molecule has 0 aromatic rings. The molecule has 1 saturated heterocycles. The predicted molar refractivity (Wildman–Crippen MR) is 39.1 cm³/mol. The van der Waals surface area contributed by atoms with Crippen molar-refractivity contribution in [3.8, 4) is 0 Å². The molecule has 1 heterocycles. The molecule has 0 atom stereocenters. The van der Waals surface area contributed by atoms with Gasteiger partial charge >= 0.3 is 0 Å². The Hall–Kier alpha value is -0.220. The molecule has 4 heteroatoms. The number of nitrogens with zero attached hydrogens (tertiary/aromatic N) is 1. The largest absolute Gasteiger partial charge is 0.269 e. The van der Waals surface area contributed by atoms with Crippen LogP contribution >= 0.6 is 0 Å². The van der Waals surface area contributed by atoms with Crippen LogP contribution in [0.5, 0.6) is 0 Å². The quantitative estimate of drug-likeness (QED) is 0.545. The highest BCUT2D eigenvalue weighted by molar-refractivity contribution is 4.87. The molecule has 0 unspecified atom stereocenters. The molecule has 0 aliphatic carbocycles. The molecule has 1 rings (SSSR count). The molecule has 66 valence electrons. The van der Waals surface area contributed by atoms with Crippen molar-refractivity contribution in [1.29, 1.82) is 0 Å². The third-order valence-corrected chi connectivity index (χ3v) is 1.80. The molecule has 1 aliphatic rings. The van der Waals surface area contributed by atoms with E-state index in [0.717, 1.165) is 0 Å². The minimum Gasteiger partial charge on any atom is -0.269 e. The number of halogens is 2. The molecule has 0 saturated carbocycles. The molecule has 11 heavy (non-hydrogen) atoms. The number of piperidine rings is 1. The monoisotopic (exact) mass is 164 g/mol. The summed E-state index contributed by atoms with van der Waals surface area (Å²) in [6.07, 6.45) is -0.0618. The Bertz CT molecular complexity index is 141. The third kappa shape index (κ3) is 2.38. The van der Waals surface area contributed by atoms with Gasteiger partial charge in [0.05, 0.1) is 6.54 Å². The Kier molecular flexibility index (Phi) is 1.92. The first-order valence-electron chi connectivity index (χ1n) is 3.68. The zero-order valence-corrected chi connectivity index (χ0v) is 6.90. The van der Waals surface area contributed by atoms with Gasteiger partial charge in [0.1, 0.15) is 0 Å². The van der Waals surface area contributed by atoms with Crippen LogP contribution in [0.3, 0.4) is 0 Å². The van der Waals surface area contributed by atoms with Crippen LogP contribution in [-0.2, 0) is 0 Å². The minimum absolute atomic E-state index is 0.0618. The number of nitrogens with two attached hydrogens (primary N) is 1. The number of hydrazine groups is 1. The molecule has 0 bridgehead atoms. The molecule has 2 nitrogen and oxygen atoms in total. The summed E-state index contributed by atoms with van der Waals surface area (Å²) in [7, 11) is 0. The van der Waals surface area contributed by atoms with Crippen LogP contribution in [0, 0.1) is 5.41 Å². The maximum atomic E-state index is 12.8. The highest BCUT2D eigenvalue weighted by Gasteiger charge is 2.43. The molecular weight excluding hydrogens is 150 g/mol. The van der Waals surface area contributed by atoms with Crippen LogP contribution in [0.25, 0.3) is 0 Å². The zero-order chi connectivity index (χ0) is 8.70. The van der Waals surface area contributed by atoms with Gasteiger partial charge in [-0.25, -0.2) is 13.8 Å². The average molecular weight is 164 g/mol. The first kappa shape index (κ1) is 8.87. The van der Waals surface area contributed by atoms with Crippen LogP contribution in [0.4, 0.5) is 8.78 Å². The third-order valence-electron chi connectivity index (χ3n) is 1.80. The van der Waals surface area contributed by atoms with Gasteiger partial charge in [-0.1, -0.05) is 13.8 Å². The first-order valence-corrected chi connectivity index (χ1v) is 3.68. The summed E-state index contributed by atoms with van der Waals surface area (Å²) >= 11 is 0. The van der Waals surface area contributed by atoms with Crippen molar-refractivity contribution < 1.29 is 8.78 Å². The number of hydrogen-bond donors (Lipinski definition) is 1. The molecule has 1 fully saturated rings. The fourth-order valence-corrected chi connectivity index (χ4v) is 1.71. The summed E-state index contributed by atoms with van der Waals surface area (Å²) in [4.78, 5) is 0. The summed E-state index contributed by atoms with van der Waals surface area (Å²) in [6, 6.07) is 0. The molecule has 0 aromatic carbocycles. The smallest absolute Gasteiger partial charge is 0.262 e. The average Bonchev–Trinajstić information content (AvgIpc) is 1.49. The maximum absolute atomic E-state index is 12.8. The van der Waals surface area contributed by atoms with Gasteiger partial charge in [-0.2, -0.15) is 0 Å². The van der Waals surface area contributed by atoms with E-state index < -0.39 is 5.92 Å². The van der Waals surface area contributed by atoms with Gasteiger partial charge in [-0.05, 0) is 5.41 Å². The van der Waals surface area contributed by atoms with Gasteiger partial charge in [0, 0.05) is 13.0 Å². The van der Waals surface area contributed by atoms with Crippen molar-refractivity contribution in [3.63, 3.8) is 0 Å². The van der Waals surface area contributed by atoms with Crippen molar-refractivity contribution in [2.75, 3.05) is 13.1 Å². The summed E-state index contributed by atoms with van der Waals surface area (Å²) in [5.41, 5.74) is -0.365. The van der Waals surface area contributed by atoms with E-state index in [0.29, 0.717) is 6.54 Å². The van der Waals surface area contributed by atoms with Crippen LogP contribution in [0.15, 0.2) is 0 Å². The Morgan fingerprint density at radius 1 is 1.27 bits per heavy atom. The Balaban J connectivity index is 2.66. The fraction of sp³-hybridized carbons (Fsp3) is 1.00. The second-order valence-electron chi connectivity index (χ2n) is 4.10. The fourth-order valence-electron chi connectivity index (χ4n) is 1.71. The van der Waals surface area contributed by atoms with Crippen LogP contribution in [0.1, 0.15) is 20.3 Å². The molecule has 1 aliphatic heterocycles. The number of alkyl halides is 2. The lowest BCUT2D eigenvalue weighted by Gasteiger charge is -2.39. The highest BCUT2D eigenvalue weighted by atomic mass is 19.3. The van der Waals surface area contributed by atoms with E-state index in [9.17, 15) is 8.78 Å². The van der Waals surface area contributed by atoms with Crippen molar-refractivity contribution in [2.45, 2.75) is 26.2 Å². The summed E-state index contributed by atoms with van der Waals surface area (Å²) in [5, 5.41) is 1.20. The predicted octanol–water partition coefficient (Wildman–Crippen LogP) is 1.23. The second-order valence-corrected chi connectivity index (χ2v) is 4.10. The lowest BCUT2D eigenvalue weighted by Crippen LogP contribution is -2.53. The molecule has 0 spiro atoms. The topological polar surface area (TPSA) is 29.3 Å². The Morgan fingerprint density at radius 2 is 1.82 bits per heavy atom. The van der Waals surface area contributed by atoms with Gasteiger partial charge in [-0.3, -0.25) is 5.84 Å². The minimum atomic E-state index is -2.61. The molecule has 0 radical (unpaired) electrons. The molecule has 0 aromatic heterocycles. The maximum Gasteiger partial charge on any atom is 0.262 e. The first-order chi connectivity index (χ1) is 4.81. The Morgan fingerprint density at radius 3 is 2.18 bits per heavy atom. The summed E-state index contributed by atoms with van der Waals surface area (Å²) in [6.45, 7) is 3.85. The standard InChI is InChI=1S/C7H14F2N2/c1-6(2)3-7(8,9)5-11(10)4-6/h3-5,10H2,1-2H3. The number of hydrogen-bond acceptors (Lipinski definition) is 2. The van der Waals surface area contributed by atoms with Gasteiger partial charge in [0.15, 0.2) is 0 Å². The SMILES string of the molecule is CC1(C)CN(N)CC(F)(F)C1. The van der Waals surface area contributed by atoms with Crippen molar-refractivity contribution in [1.82, 2.24) is 5.01 Å². The van der Waals surface area contributed by atoms with E-state index in [4.69, 9.17) is 5.84 Å². The van der Waals surface area contributed by atoms with E-state index in [1.54, 1.807) is 13.8 Å². The van der Waals surface area contributed by atoms with E-state index in [1.165, 1.54) is 5.01 Å². The van der Waals surface area contributed by atoms with E-state index in [-0.39, 0.29) is 18.4 Å². The van der Waals surface area contributed by atoms with Gasteiger partial charge in [0.25, 0.3) is 5.92 Å². The summed E-state index contributed by atoms with van der Waals surface area (Å²) < 4.78 is 25.7. The van der Waals surface area contributed by atoms with Gasteiger partial charge in [0.2, 0.25) is 0 Å². The number of rotatable bonds is 0. The van der Waals surface area contributed by atoms with E-state index in [1.807, 2.05) is 0 Å². The van der Waals surface area contributed by atoms with Crippen molar-refractivity contribution >= 4 is 0 Å². The second kappa shape index (κ2) is 2.38. The molecular formula is C7H14F2N2. The van der Waals surface area contributed by atoms with Gasteiger partial charge in [-0.15, -0.1) is 0 Å². The van der Waals surface area contributed by atoms with Crippen LogP contribution < -0.4 is 5.84 Å². The normalized spacial score (nSPS) is 30.3. The lowest BCUT2D eigenvalue weighted by molar-refractivity contribution is -0.106. The van der Waals surface area contributed by atoms with E-state index >= 15 is 0 Å². The Labute approximate surface area is 65.3 Å². The molecule has 2 N–H and O–H groups in total. The van der Waals surface area contributed by atoms with E-state index in [2.05, 4.69) is 0 Å². The molecule has 0 amide bonds. The van der Waals surface area contributed by atoms with Crippen molar-refractivity contribution in [2.24, 2.45) is 11.3 Å².